The molecule has 27 heavy (non-hydrogen) atoms. The molecule has 1 aliphatic rings. The Hall–Kier alpha value is -2.66. The number of hydrogen-bond donors (Lipinski definition) is 3. The minimum Gasteiger partial charge on any atom is -0.360 e. The summed E-state index contributed by atoms with van der Waals surface area (Å²) in [6.45, 7) is 0. The van der Waals surface area contributed by atoms with Gasteiger partial charge in [-0.3, -0.25) is 0 Å². The predicted octanol–water partition coefficient (Wildman–Crippen LogP) is 5.60. The third-order valence-corrected chi connectivity index (χ3v) is 5.20. The Morgan fingerprint density at radius 3 is 2.44 bits per heavy atom. The predicted molar refractivity (Wildman–Crippen MR) is 118 cm³/mol. The SMILES string of the molecule is S=C(Nc1ccc(Nc2ccc3ccccc3c2)nc1)NC1CCCCC1. The molecule has 0 saturated heterocycles. The van der Waals surface area contributed by atoms with Crippen LogP contribution in [0.1, 0.15) is 32.1 Å². The molecule has 1 saturated carbocycles. The van der Waals surface area contributed by atoms with Crippen LogP contribution in [0, 0.1) is 0 Å². The van der Waals surface area contributed by atoms with Crippen molar-refractivity contribution in [2.45, 2.75) is 38.1 Å². The van der Waals surface area contributed by atoms with Crippen LogP contribution >= 0.6 is 12.2 Å². The molecule has 1 aromatic heterocycles. The highest BCUT2D eigenvalue weighted by Gasteiger charge is 2.13. The lowest BCUT2D eigenvalue weighted by Gasteiger charge is -2.24. The Labute approximate surface area is 165 Å². The van der Waals surface area contributed by atoms with Crippen molar-refractivity contribution in [3.05, 3.63) is 60.8 Å². The maximum Gasteiger partial charge on any atom is 0.171 e. The number of rotatable bonds is 4. The van der Waals surface area contributed by atoms with Crippen molar-refractivity contribution >= 4 is 45.3 Å². The molecule has 5 heteroatoms. The maximum atomic E-state index is 5.43. The van der Waals surface area contributed by atoms with Gasteiger partial charge in [-0.25, -0.2) is 4.98 Å². The summed E-state index contributed by atoms with van der Waals surface area (Å²) < 4.78 is 0. The molecule has 0 aliphatic heterocycles. The molecule has 1 fully saturated rings. The molecule has 0 spiro atoms. The second kappa shape index (κ2) is 8.35. The molecular weight excluding hydrogens is 352 g/mol. The first-order valence-corrected chi connectivity index (χ1v) is 9.96. The first-order chi connectivity index (χ1) is 13.3. The van der Waals surface area contributed by atoms with Gasteiger partial charge in [0, 0.05) is 11.7 Å². The number of anilines is 3. The molecule has 3 aromatic rings. The third-order valence-electron chi connectivity index (χ3n) is 4.98. The molecule has 4 rings (SSSR count). The Morgan fingerprint density at radius 1 is 0.889 bits per heavy atom. The molecule has 0 unspecified atom stereocenters. The number of benzene rings is 2. The first kappa shape index (κ1) is 17.7. The standard InChI is InChI=1S/C22H24N4S/c27-22(25-18-8-2-1-3-9-18)26-20-12-13-21(23-15-20)24-19-11-10-16-6-4-5-7-17(16)14-19/h4-7,10-15,18H,1-3,8-9H2,(H,23,24)(H2,25,26,27). The molecule has 0 atom stereocenters. The molecule has 4 nitrogen and oxygen atoms in total. The van der Waals surface area contributed by atoms with E-state index in [1.54, 1.807) is 6.20 Å². The van der Waals surface area contributed by atoms with Crippen LogP contribution in [0.2, 0.25) is 0 Å². The van der Waals surface area contributed by atoms with Crippen molar-refractivity contribution in [3.8, 4) is 0 Å². The number of nitrogens with one attached hydrogen (secondary N) is 3. The number of nitrogens with zero attached hydrogens (tertiary/aromatic N) is 1. The summed E-state index contributed by atoms with van der Waals surface area (Å²) in [6.07, 6.45) is 8.13. The number of pyridine rings is 1. The van der Waals surface area contributed by atoms with E-state index in [2.05, 4.69) is 63.4 Å². The molecule has 0 amide bonds. The third kappa shape index (κ3) is 4.74. The summed E-state index contributed by atoms with van der Waals surface area (Å²) in [5, 5.41) is 13.1. The zero-order chi connectivity index (χ0) is 18.5. The summed E-state index contributed by atoms with van der Waals surface area (Å²) >= 11 is 5.43. The second-order valence-corrected chi connectivity index (χ2v) is 7.46. The topological polar surface area (TPSA) is 49.0 Å². The van der Waals surface area contributed by atoms with E-state index in [1.807, 2.05) is 12.1 Å². The van der Waals surface area contributed by atoms with E-state index in [9.17, 15) is 0 Å². The number of hydrogen-bond acceptors (Lipinski definition) is 3. The van der Waals surface area contributed by atoms with Crippen molar-refractivity contribution in [1.29, 1.82) is 0 Å². The van der Waals surface area contributed by atoms with E-state index >= 15 is 0 Å². The van der Waals surface area contributed by atoms with E-state index in [-0.39, 0.29) is 0 Å². The zero-order valence-electron chi connectivity index (χ0n) is 15.2. The number of thiocarbonyl (C=S) groups is 1. The molecular formula is C22H24N4S. The average Bonchev–Trinajstić information content (AvgIpc) is 2.70. The summed E-state index contributed by atoms with van der Waals surface area (Å²) in [4.78, 5) is 4.49. The van der Waals surface area contributed by atoms with Gasteiger partial charge >= 0.3 is 0 Å². The van der Waals surface area contributed by atoms with Crippen LogP contribution in [0.15, 0.2) is 60.8 Å². The lowest BCUT2D eigenvalue weighted by Crippen LogP contribution is -2.38. The van der Waals surface area contributed by atoms with Gasteiger partial charge in [-0.15, -0.1) is 0 Å². The first-order valence-electron chi connectivity index (χ1n) is 9.56. The van der Waals surface area contributed by atoms with E-state index in [1.165, 1.54) is 42.9 Å². The van der Waals surface area contributed by atoms with Gasteiger partial charge < -0.3 is 16.0 Å². The molecule has 138 valence electrons. The molecule has 2 aromatic carbocycles. The quantitative estimate of drug-likeness (QED) is 0.518. The fraction of sp³-hybridized carbons (Fsp3) is 0.273. The van der Waals surface area contributed by atoms with Crippen molar-refractivity contribution < 1.29 is 0 Å². The summed E-state index contributed by atoms with van der Waals surface area (Å²) in [6, 6.07) is 19.1. The van der Waals surface area contributed by atoms with Gasteiger partial charge in [-0.05, 0) is 60.1 Å². The van der Waals surface area contributed by atoms with Crippen LogP contribution in [-0.2, 0) is 0 Å². The summed E-state index contributed by atoms with van der Waals surface area (Å²) in [7, 11) is 0. The fourth-order valence-corrected chi connectivity index (χ4v) is 3.84. The fourth-order valence-electron chi connectivity index (χ4n) is 3.56. The molecule has 0 radical (unpaired) electrons. The highest BCUT2D eigenvalue weighted by atomic mass is 32.1. The van der Waals surface area contributed by atoms with Crippen molar-refractivity contribution in [1.82, 2.24) is 10.3 Å². The Kier molecular flexibility index (Phi) is 5.49. The van der Waals surface area contributed by atoms with Crippen LogP contribution in [0.25, 0.3) is 10.8 Å². The van der Waals surface area contributed by atoms with Gasteiger partial charge in [0.25, 0.3) is 0 Å². The molecule has 0 bridgehead atoms. The smallest absolute Gasteiger partial charge is 0.171 e. The van der Waals surface area contributed by atoms with Crippen LogP contribution in [0.5, 0.6) is 0 Å². The lowest BCUT2D eigenvalue weighted by molar-refractivity contribution is 0.415. The Balaban J connectivity index is 1.35. The van der Waals surface area contributed by atoms with Gasteiger partial charge in [0.2, 0.25) is 0 Å². The van der Waals surface area contributed by atoms with Gasteiger partial charge in [-0.2, -0.15) is 0 Å². The van der Waals surface area contributed by atoms with Crippen LogP contribution < -0.4 is 16.0 Å². The number of aromatic nitrogens is 1. The Morgan fingerprint density at radius 2 is 1.67 bits per heavy atom. The molecule has 1 aliphatic carbocycles. The number of fused-ring (bicyclic) bond motifs is 1. The summed E-state index contributed by atoms with van der Waals surface area (Å²) in [5.41, 5.74) is 1.92. The Bertz CT molecular complexity index is 917. The van der Waals surface area contributed by atoms with Crippen molar-refractivity contribution in [2.75, 3.05) is 10.6 Å². The van der Waals surface area contributed by atoms with Gasteiger partial charge in [-0.1, -0.05) is 49.6 Å². The highest BCUT2D eigenvalue weighted by molar-refractivity contribution is 7.80. The van der Waals surface area contributed by atoms with E-state index in [0.29, 0.717) is 11.2 Å². The van der Waals surface area contributed by atoms with Gasteiger partial charge in [0.15, 0.2) is 5.11 Å². The van der Waals surface area contributed by atoms with E-state index < -0.39 is 0 Å². The normalized spacial score (nSPS) is 14.7. The highest BCUT2D eigenvalue weighted by Crippen LogP contribution is 2.22. The molecule has 3 N–H and O–H groups in total. The van der Waals surface area contributed by atoms with Crippen molar-refractivity contribution in [3.63, 3.8) is 0 Å². The maximum absolute atomic E-state index is 5.43. The van der Waals surface area contributed by atoms with Gasteiger partial charge in [0.1, 0.15) is 5.82 Å². The lowest BCUT2D eigenvalue weighted by atomic mass is 9.96. The molecule has 1 heterocycles. The van der Waals surface area contributed by atoms with Crippen LogP contribution in [0.3, 0.4) is 0 Å². The second-order valence-electron chi connectivity index (χ2n) is 7.05. The van der Waals surface area contributed by atoms with Crippen LogP contribution in [0.4, 0.5) is 17.2 Å². The minimum atomic E-state index is 0.501. The largest absolute Gasteiger partial charge is 0.360 e. The monoisotopic (exact) mass is 376 g/mol. The average molecular weight is 377 g/mol. The minimum absolute atomic E-state index is 0.501. The van der Waals surface area contributed by atoms with E-state index in [0.717, 1.165) is 17.2 Å². The van der Waals surface area contributed by atoms with Crippen molar-refractivity contribution in [2.24, 2.45) is 0 Å². The van der Waals surface area contributed by atoms with E-state index in [4.69, 9.17) is 12.2 Å². The van der Waals surface area contributed by atoms with Crippen LogP contribution in [-0.4, -0.2) is 16.1 Å². The van der Waals surface area contributed by atoms with Gasteiger partial charge in [0.05, 0.1) is 11.9 Å². The summed E-state index contributed by atoms with van der Waals surface area (Å²) in [5.74, 6) is 0.807. The zero-order valence-corrected chi connectivity index (χ0v) is 16.1.